The zero-order chi connectivity index (χ0) is 13.8. The van der Waals surface area contributed by atoms with E-state index in [1.807, 2.05) is 23.4 Å². The molecule has 2 aromatic rings. The molecule has 1 aromatic heterocycles. The summed E-state index contributed by atoms with van der Waals surface area (Å²) in [5.74, 6) is -1.62. The summed E-state index contributed by atoms with van der Waals surface area (Å²) in [6, 6.07) is 5.92. The molecule has 19 heavy (non-hydrogen) atoms. The van der Waals surface area contributed by atoms with Crippen LogP contribution in [0.1, 0.15) is 21.5 Å². The summed E-state index contributed by atoms with van der Waals surface area (Å²) >= 11 is 1.63. The molecular weight excluding hydrogens is 265 g/mol. The summed E-state index contributed by atoms with van der Waals surface area (Å²) < 4.78 is 13.1. The molecule has 1 aromatic carbocycles. The fourth-order valence-electron chi connectivity index (χ4n) is 1.93. The fraction of sp³-hybridized carbons (Fsp3) is 0.214. The molecule has 0 unspecified atom stereocenters. The topological polar surface area (TPSA) is 40.5 Å². The van der Waals surface area contributed by atoms with Crippen LogP contribution in [0.3, 0.4) is 0 Å². The number of aromatic carboxylic acids is 1. The maximum absolute atomic E-state index is 13.1. The number of carboxylic acids is 1. The average Bonchev–Trinajstić information content (AvgIpc) is 2.83. The van der Waals surface area contributed by atoms with Gasteiger partial charge in [0.15, 0.2) is 0 Å². The highest BCUT2D eigenvalue weighted by atomic mass is 32.1. The number of carbonyl (C=O) groups is 1. The molecule has 0 saturated heterocycles. The van der Waals surface area contributed by atoms with Gasteiger partial charge in [-0.05, 0) is 47.1 Å². The number of nitrogens with zero attached hydrogens (tertiary/aromatic N) is 1. The quantitative estimate of drug-likeness (QED) is 0.913. The van der Waals surface area contributed by atoms with E-state index in [2.05, 4.69) is 5.38 Å². The van der Waals surface area contributed by atoms with Gasteiger partial charge in [-0.3, -0.25) is 4.90 Å². The lowest BCUT2D eigenvalue weighted by Crippen LogP contribution is -2.19. The molecule has 0 aliphatic heterocycles. The molecule has 0 aliphatic carbocycles. The van der Waals surface area contributed by atoms with Gasteiger partial charge in [0, 0.05) is 13.1 Å². The Labute approximate surface area is 114 Å². The monoisotopic (exact) mass is 279 g/mol. The van der Waals surface area contributed by atoms with Crippen LogP contribution in [0.5, 0.6) is 0 Å². The molecule has 0 aliphatic rings. The molecule has 0 amide bonds. The van der Waals surface area contributed by atoms with Crippen molar-refractivity contribution >= 4 is 17.3 Å². The van der Waals surface area contributed by atoms with E-state index in [0.717, 1.165) is 12.6 Å². The van der Waals surface area contributed by atoms with Crippen LogP contribution in [0.4, 0.5) is 4.39 Å². The van der Waals surface area contributed by atoms with E-state index in [0.29, 0.717) is 12.1 Å². The molecule has 1 heterocycles. The third kappa shape index (κ3) is 3.62. The van der Waals surface area contributed by atoms with Crippen LogP contribution in [0.25, 0.3) is 0 Å². The first-order valence-electron chi connectivity index (χ1n) is 5.77. The number of hydrogen-bond donors (Lipinski definition) is 1. The molecule has 0 bridgehead atoms. The Morgan fingerprint density at radius 2 is 2.16 bits per heavy atom. The van der Waals surface area contributed by atoms with Gasteiger partial charge in [0.25, 0.3) is 0 Å². The largest absolute Gasteiger partial charge is 0.478 e. The molecule has 0 spiro atoms. The molecule has 0 atom stereocenters. The summed E-state index contributed by atoms with van der Waals surface area (Å²) in [7, 11) is 1.91. The van der Waals surface area contributed by atoms with E-state index in [-0.39, 0.29) is 5.56 Å². The van der Waals surface area contributed by atoms with Crippen molar-refractivity contribution in [1.29, 1.82) is 0 Å². The SMILES string of the molecule is CN(Cc1ccsc1)Cc1ccc(F)cc1C(=O)O. The number of halogens is 1. The van der Waals surface area contributed by atoms with Gasteiger partial charge in [0.2, 0.25) is 0 Å². The number of carboxylic acid groups (broad SMARTS) is 1. The predicted molar refractivity (Wildman–Crippen MR) is 72.8 cm³/mol. The van der Waals surface area contributed by atoms with Crippen LogP contribution in [-0.4, -0.2) is 23.0 Å². The highest BCUT2D eigenvalue weighted by molar-refractivity contribution is 7.07. The van der Waals surface area contributed by atoms with Gasteiger partial charge in [-0.15, -0.1) is 0 Å². The Morgan fingerprint density at radius 3 is 2.79 bits per heavy atom. The lowest BCUT2D eigenvalue weighted by atomic mass is 10.1. The van der Waals surface area contributed by atoms with Gasteiger partial charge in [-0.2, -0.15) is 11.3 Å². The van der Waals surface area contributed by atoms with Crippen molar-refractivity contribution in [2.75, 3.05) is 7.05 Å². The average molecular weight is 279 g/mol. The summed E-state index contributed by atoms with van der Waals surface area (Å²) in [4.78, 5) is 13.1. The first-order chi connectivity index (χ1) is 9.06. The normalized spacial score (nSPS) is 10.9. The van der Waals surface area contributed by atoms with Gasteiger partial charge >= 0.3 is 5.97 Å². The van der Waals surface area contributed by atoms with Crippen molar-refractivity contribution in [3.05, 3.63) is 57.5 Å². The number of benzene rings is 1. The number of hydrogen-bond acceptors (Lipinski definition) is 3. The summed E-state index contributed by atoms with van der Waals surface area (Å²) in [5.41, 5.74) is 1.83. The van der Waals surface area contributed by atoms with Crippen molar-refractivity contribution in [3.63, 3.8) is 0 Å². The minimum absolute atomic E-state index is 0.0252. The highest BCUT2D eigenvalue weighted by Crippen LogP contribution is 2.15. The number of rotatable bonds is 5. The van der Waals surface area contributed by atoms with Crippen molar-refractivity contribution < 1.29 is 14.3 Å². The van der Waals surface area contributed by atoms with E-state index in [1.165, 1.54) is 17.7 Å². The van der Waals surface area contributed by atoms with Crippen LogP contribution in [0.15, 0.2) is 35.0 Å². The molecule has 0 saturated carbocycles. The van der Waals surface area contributed by atoms with E-state index >= 15 is 0 Å². The van der Waals surface area contributed by atoms with Crippen LogP contribution >= 0.6 is 11.3 Å². The van der Waals surface area contributed by atoms with E-state index in [1.54, 1.807) is 11.3 Å². The zero-order valence-electron chi connectivity index (χ0n) is 10.5. The Kier molecular flexibility index (Phi) is 4.29. The minimum atomic E-state index is -1.10. The van der Waals surface area contributed by atoms with Crippen LogP contribution in [0, 0.1) is 5.82 Å². The summed E-state index contributed by atoms with van der Waals surface area (Å²) in [5, 5.41) is 13.1. The fourth-order valence-corrected chi connectivity index (χ4v) is 2.59. The van der Waals surface area contributed by atoms with Crippen LogP contribution in [-0.2, 0) is 13.1 Å². The van der Waals surface area contributed by atoms with E-state index in [4.69, 9.17) is 5.11 Å². The minimum Gasteiger partial charge on any atom is -0.478 e. The third-order valence-corrected chi connectivity index (χ3v) is 3.51. The second-order valence-corrected chi connectivity index (χ2v) is 5.19. The first kappa shape index (κ1) is 13.7. The smallest absolute Gasteiger partial charge is 0.336 e. The van der Waals surface area contributed by atoms with Crippen molar-refractivity contribution in [2.45, 2.75) is 13.1 Å². The molecule has 5 heteroatoms. The summed E-state index contributed by atoms with van der Waals surface area (Å²) in [6.45, 7) is 1.21. The molecule has 2 rings (SSSR count). The van der Waals surface area contributed by atoms with Gasteiger partial charge in [0.1, 0.15) is 5.82 Å². The highest BCUT2D eigenvalue weighted by Gasteiger charge is 2.13. The lowest BCUT2D eigenvalue weighted by Gasteiger charge is -2.17. The van der Waals surface area contributed by atoms with Crippen LogP contribution < -0.4 is 0 Å². The Morgan fingerprint density at radius 1 is 1.37 bits per heavy atom. The molecule has 0 radical (unpaired) electrons. The standard InChI is InChI=1S/C14H14FNO2S/c1-16(7-10-4-5-19-9-10)8-11-2-3-12(15)6-13(11)14(17)18/h2-6,9H,7-8H2,1H3,(H,17,18). The molecule has 0 fully saturated rings. The zero-order valence-corrected chi connectivity index (χ0v) is 11.3. The molecule has 1 N–H and O–H groups in total. The second-order valence-electron chi connectivity index (χ2n) is 4.41. The number of thiophene rings is 1. The van der Waals surface area contributed by atoms with Crippen LogP contribution in [0.2, 0.25) is 0 Å². The second kappa shape index (κ2) is 5.95. The third-order valence-electron chi connectivity index (χ3n) is 2.78. The van der Waals surface area contributed by atoms with Gasteiger partial charge in [-0.1, -0.05) is 6.07 Å². The summed E-state index contributed by atoms with van der Waals surface area (Å²) in [6.07, 6.45) is 0. The Balaban J connectivity index is 2.12. The first-order valence-corrected chi connectivity index (χ1v) is 6.72. The lowest BCUT2D eigenvalue weighted by molar-refractivity contribution is 0.0694. The van der Waals surface area contributed by atoms with E-state index < -0.39 is 11.8 Å². The van der Waals surface area contributed by atoms with Gasteiger partial charge in [-0.25, -0.2) is 9.18 Å². The van der Waals surface area contributed by atoms with Crippen molar-refractivity contribution in [3.8, 4) is 0 Å². The van der Waals surface area contributed by atoms with Gasteiger partial charge in [0.05, 0.1) is 5.56 Å². The Hall–Kier alpha value is -1.72. The molecule has 100 valence electrons. The molecule has 3 nitrogen and oxygen atoms in total. The maximum Gasteiger partial charge on any atom is 0.336 e. The Bertz CT molecular complexity index is 569. The van der Waals surface area contributed by atoms with Gasteiger partial charge < -0.3 is 5.11 Å². The maximum atomic E-state index is 13.1. The van der Waals surface area contributed by atoms with Crippen molar-refractivity contribution in [2.24, 2.45) is 0 Å². The van der Waals surface area contributed by atoms with E-state index in [9.17, 15) is 9.18 Å². The predicted octanol–water partition coefficient (Wildman–Crippen LogP) is 3.22. The van der Waals surface area contributed by atoms with Crippen molar-refractivity contribution in [1.82, 2.24) is 4.90 Å². The molecular formula is C14H14FNO2S.